The van der Waals surface area contributed by atoms with Gasteiger partial charge in [-0.05, 0) is 0 Å². The minimum atomic E-state index is -1.78. The highest BCUT2D eigenvalue weighted by molar-refractivity contribution is 5.81. The molecule has 0 amide bonds. The number of esters is 2. The summed E-state index contributed by atoms with van der Waals surface area (Å²) in [5, 5.41) is 0. The van der Waals surface area contributed by atoms with E-state index in [1.165, 1.54) is 0 Å². The van der Waals surface area contributed by atoms with Gasteiger partial charge < -0.3 is 9.47 Å². The largest absolute Gasteiger partial charge is 0.459 e. The Kier molecular flexibility index (Phi) is 14.3. The maximum absolute atomic E-state index is 14.0. The molecule has 0 saturated heterocycles. The standard InChI is InChI=1S/C35H33N9O13/c1-8-14-36-27(47)37(15-9-2)30(50)41(29(36)49)19-24(56-23(7)45)20-43-33(53)40(18-12-5)34(54)44(35(43)55)22-25(57-26(46)13-6)21-42-31(51)38(16-10-3)28(48)39(17-11-4)32(42)52/h1-4,12-13,24-25H,5-6,14-22H2,7H3. The number of ether oxygens (including phenoxy) is 2. The maximum atomic E-state index is 14.0. The zero-order valence-electron chi connectivity index (χ0n) is 30.2. The van der Waals surface area contributed by atoms with Gasteiger partial charge in [0.1, 0.15) is 12.2 Å². The van der Waals surface area contributed by atoms with Gasteiger partial charge in [0.15, 0.2) is 0 Å². The predicted molar refractivity (Wildman–Crippen MR) is 199 cm³/mol. The molecule has 57 heavy (non-hydrogen) atoms. The van der Waals surface area contributed by atoms with Gasteiger partial charge in [0.05, 0.1) is 58.9 Å². The third kappa shape index (κ3) is 9.17. The summed E-state index contributed by atoms with van der Waals surface area (Å²) in [4.78, 5) is 145. The van der Waals surface area contributed by atoms with E-state index in [4.69, 9.17) is 35.2 Å². The number of hydrogen-bond acceptors (Lipinski definition) is 13. The van der Waals surface area contributed by atoms with E-state index in [-0.39, 0.29) is 0 Å². The van der Waals surface area contributed by atoms with E-state index >= 15 is 0 Å². The van der Waals surface area contributed by atoms with Gasteiger partial charge in [0.25, 0.3) is 0 Å². The predicted octanol–water partition coefficient (Wildman–Crippen LogP) is -5.71. The van der Waals surface area contributed by atoms with Crippen LogP contribution < -0.4 is 51.2 Å². The topological polar surface area (TPSA) is 251 Å². The molecule has 22 heteroatoms. The van der Waals surface area contributed by atoms with Gasteiger partial charge in [0, 0.05) is 13.0 Å². The Bertz CT molecular complexity index is 2770. The van der Waals surface area contributed by atoms with Crippen molar-refractivity contribution in [3.8, 4) is 49.4 Å². The average molecular weight is 788 g/mol. The van der Waals surface area contributed by atoms with Crippen LogP contribution in [-0.4, -0.2) is 65.3 Å². The summed E-state index contributed by atoms with van der Waals surface area (Å²) < 4.78 is 14.6. The van der Waals surface area contributed by atoms with E-state index in [0.29, 0.717) is 47.2 Å². The SMILES string of the molecule is C#CCn1c(=O)n(CC#C)c(=O)n(CC(Cn2c(=O)n(CC=C)c(=O)n(CC(Cn3c(=O)n(CC#C)c(=O)n(CC#C)c3=O)OC(=O)C=C)c2=O)OC(C)=O)c1=O. The zero-order chi connectivity index (χ0) is 42.7. The Morgan fingerprint density at radius 3 is 1.04 bits per heavy atom. The van der Waals surface area contributed by atoms with E-state index in [0.717, 1.165) is 13.0 Å². The second kappa shape index (κ2) is 18.8. The quantitative estimate of drug-likeness (QED) is 0.0536. The molecule has 0 radical (unpaired) electrons. The van der Waals surface area contributed by atoms with Crippen LogP contribution in [0.2, 0.25) is 0 Å². The molecule has 3 heterocycles. The second-order valence-electron chi connectivity index (χ2n) is 11.5. The summed E-state index contributed by atoms with van der Waals surface area (Å²) in [7, 11) is 0. The van der Waals surface area contributed by atoms with Gasteiger partial charge in [0.2, 0.25) is 0 Å². The highest BCUT2D eigenvalue weighted by atomic mass is 16.5. The van der Waals surface area contributed by atoms with Crippen molar-refractivity contribution in [2.75, 3.05) is 0 Å². The monoisotopic (exact) mass is 787 g/mol. The Hall–Kier alpha value is -8.11. The molecule has 0 aliphatic heterocycles. The van der Waals surface area contributed by atoms with Gasteiger partial charge >= 0.3 is 63.1 Å². The number of carbonyl (C=O) groups is 2. The van der Waals surface area contributed by atoms with Crippen molar-refractivity contribution in [1.29, 1.82) is 0 Å². The molecule has 296 valence electrons. The van der Waals surface area contributed by atoms with Crippen molar-refractivity contribution in [3.63, 3.8) is 0 Å². The Labute approximate surface area is 319 Å². The first kappa shape index (κ1) is 43.3. The van der Waals surface area contributed by atoms with Crippen LogP contribution in [0, 0.1) is 49.4 Å². The van der Waals surface area contributed by atoms with E-state index < -0.39 is 134 Å². The molecule has 2 atom stereocenters. The number of terminal acetylenes is 4. The van der Waals surface area contributed by atoms with Crippen LogP contribution in [0.1, 0.15) is 6.92 Å². The Morgan fingerprint density at radius 2 is 0.772 bits per heavy atom. The summed E-state index contributed by atoms with van der Waals surface area (Å²) in [6, 6.07) is 0. The van der Waals surface area contributed by atoms with E-state index in [2.05, 4.69) is 36.8 Å². The summed E-state index contributed by atoms with van der Waals surface area (Å²) in [6.45, 7) is 0.963. The van der Waals surface area contributed by atoms with Gasteiger partial charge in [-0.3, -0.25) is 4.79 Å². The number of carbonyl (C=O) groups excluding carboxylic acids is 2. The molecule has 0 aromatic carbocycles. The van der Waals surface area contributed by atoms with Gasteiger partial charge in [-0.2, -0.15) is 0 Å². The molecular weight excluding hydrogens is 754 g/mol. The minimum absolute atomic E-state index is 0.373. The Balaban J connectivity index is 2.31. The normalized spacial score (nSPS) is 11.5. The molecule has 0 bridgehead atoms. The van der Waals surface area contributed by atoms with Gasteiger partial charge in [-0.25, -0.2) is 89.0 Å². The smallest absolute Gasteiger partial charge is 0.338 e. The lowest BCUT2D eigenvalue weighted by Gasteiger charge is -2.22. The Morgan fingerprint density at radius 1 is 0.509 bits per heavy atom. The lowest BCUT2D eigenvalue weighted by molar-refractivity contribution is -0.148. The number of aromatic nitrogens is 9. The molecular formula is C35H33N9O13. The van der Waals surface area contributed by atoms with Crippen LogP contribution >= 0.6 is 0 Å². The van der Waals surface area contributed by atoms with Crippen LogP contribution in [0.3, 0.4) is 0 Å². The van der Waals surface area contributed by atoms with Crippen molar-refractivity contribution >= 4 is 11.9 Å². The van der Waals surface area contributed by atoms with Crippen molar-refractivity contribution < 1.29 is 19.1 Å². The molecule has 0 aliphatic rings. The molecule has 0 spiro atoms. The van der Waals surface area contributed by atoms with E-state index in [1.807, 2.05) is 0 Å². The summed E-state index contributed by atoms with van der Waals surface area (Å²) in [6.07, 6.45) is 19.4. The highest BCUT2D eigenvalue weighted by Gasteiger charge is 2.27. The van der Waals surface area contributed by atoms with Crippen LogP contribution in [0.15, 0.2) is 68.5 Å². The third-order valence-electron chi connectivity index (χ3n) is 7.79. The lowest BCUT2D eigenvalue weighted by Crippen LogP contribution is -2.59. The fraction of sp³-hybridized carbons (Fsp3) is 0.343. The van der Waals surface area contributed by atoms with Crippen LogP contribution in [-0.2, 0) is 78.0 Å². The molecule has 0 aliphatic carbocycles. The van der Waals surface area contributed by atoms with Crippen molar-refractivity contribution in [1.82, 2.24) is 41.1 Å². The van der Waals surface area contributed by atoms with Crippen LogP contribution in [0.4, 0.5) is 0 Å². The molecule has 3 aromatic heterocycles. The van der Waals surface area contributed by atoms with Crippen molar-refractivity contribution in [2.45, 2.75) is 78.0 Å². The number of hydrogen-bond donors (Lipinski definition) is 0. The minimum Gasteiger partial charge on any atom is -0.459 e. The number of nitrogens with zero attached hydrogens (tertiary/aromatic N) is 9. The van der Waals surface area contributed by atoms with Crippen molar-refractivity contribution in [2.24, 2.45) is 0 Å². The summed E-state index contributed by atoms with van der Waals surface area (Å²) >= 11 is 0. The first-order valence-corrected chi connectivity index (χ1v) is 16.2. The maximum Gasteiger partial charge on any atom is 0.338 e. The van der Waals surface area contributed by atoms with E-state index in [9.17, 15) is 52.7 Å². The van der Waals surface area contributed by atoms with E-state index in [1.54, 1.807) is 0 Å². The highest BCUT2D eigenvalue weighted by Crippen LogP contribution is 2.02. The fourth-order valence-corrected chi connectivity index (χ4v) is 5.39. The van der Waals surface area contributed by atoms with Crippen LogP contribution in [0.5, 0.6) is 0 Å². The van der Waals surface area contributed by atoms with Gasteiger partial charge in [-0.15, -0.1) is 32.3 Å². The molecule has 0 fully saturated rings. The molecule has 0 saturated carbocycles. The molecule has 3 rings (SSSR count). The fourth-order valence-electron chi connectivity index (χ4n) is 5.39. The molecule has 22 nitrogen and oxygen atoms in total. The number of rotatable bonds is 17. The third-order valence-corrected chi connectivity index (χ3v) is 7.79. The van der Waals surface area contributed by atoms with Crippen molar-refractivity contribution in [3.05, 3.63) is 120 Å². The first-order valence-electron chi connectivity index (χ1n) is 16.2. The second-order valence-corrected chi connectivity index (χ2v) is 11.5. The number of allylic oxidation sites excluding steroid dienone is 1. The average Bonchev–Trinajstić information content (AvgIpc) is 3.17. The lowest BCUT2D eigenvalue weighted by atomic mass is 10.3. The summed E-state index contributed by atoms with van der Waals surface area (Å²) in [5.74, 6) is 6.15. The molecule has 3 aromatic rings. The molecule has 0 N–H and O–H groups in total. The molecule has 2 unspecified atom stereocenters. The zero-order valence-corrected chi connectivity index (χ0v) is 30.2. The van der Waals surface area contributed by atoms with Gasteiger partial charge in [-0.1, -0.05) is 36.3 Å². The first-order chi connectivity index (χ1) is 27.0. The summed E-state index contributed by atoms with van der Waals surface area (Å²) in [5.41, 5.74) is -11.4. The van der Waals surface area contributed by atoms with Crippen LogP contribution in [0.25, 0.3) is 0 Å².